The molecule has 82 valence electrons. The monoisotopic (exact) mass is 240 g/mol. The summed E-state index contributed by atoms with van der Waals surface area (Å²) in [5.74, 6) is 0. The predicted molar refractivity (Wildman–Crippen MR) is 68.8 cm³/mol. The summed E-state index contributed by atoms with van der Waals surface area (Å²) < 4.78 is 5.99. The molecule has 0 N–H and O–H groups in total. The minimum atomic E-state index is -1.54. The molecule has 0 aliphatic heterocycles. The molecule has 0 saturated carbocycles. The minimum Gasteiger partial charge on any atom is -0.407 e. The van der Waals surface area contributed by atoms with Crippen molar-refractivity contribution in [3.63, 3.8) is 0 Å². The predicted octanol–water partition coefficient (Wildman–Crippen LogP) is 4.42. The summed E-state index contributed by atoms with van der Waals surface area (Å²) in [7, 11) is -1.54. The van der Waals surface area contributed by atoms with Crippen LogP contribution < -0.4 is 0 Å². The molecule has 0 aromatic heterocycles. The van der Waals surface area contributed by atoms with E-state index in [0.29, 0.717) is 0 Å². The van der Waals surface area contributed by atoms with Gasteiger partial charge in [-0.05, 0) is 37.3 Å². The van der Waals surface area contributed by atoms with Crippen molar-refractivity contribution in [2.45, 2.75) is 25.7 Å². The Labute approximate surface area is 97.9 Å². The van der Waals surface area contributed by atoms with Crippen LogP contribution in [-0.2, 0) is 4.43 Å². The number of hydrogen-bond donors (Lipinski definition) is 0. The first-order valence-corrected chi connectivity index (χ1v) is 8.77. The van der Waals surface area contributed by atoms with Crippen LogP contribution in [-0.4, -0.2) is 8.32 Å². The average molecular weight is 241 g/mol. The van der Waals surface area contributed by atoms with Gasteiger partial charge in [0, 0.05) is 5.02 Å². The lowest BCUT2D eigenvalue weighted by molar-refractivity contribution is 0.248. The van der Waals surface area contributed by atoms with E-state index in [0.717, 1.165) is 10.6 Å². The van der Waals surface area contributed by atoms with Crippen LogP contribution >= 0.6 is 11.6 Å². The van der Waals surface area contributed by atoms with E-state index in [1.54, 1.807) is 0 Å². The fourth-order valence-electron chi connectivity index (χ4n) is 1.29. The highest BCUT2D eigenvalue weighted by Gasteiger charge is 2.20. The van der Waals surface area contributed by atoms with E-state index in [-0.39, 0.29) is 6.10 Å². The van der Waals surface area contributed by atoms with Crippen LogP contribution in [0.5, 0.6) is 0 Å². The summed E-state index contributed by atoms with van der Waals surface area (Å²) in [5.41, 5.74) is 1.11. The molecule has 1 nitrogen and oxygen atoms in total. The number of halogens is 1. The molecule has 1 aromatic rings. The van der Waals surface area contributed by atoms with Crippen molar-refractivity contribution in [3.05, 3.63) is 47.5 Å². The molecule has 1 aromatic carbocycles. The Morgan fingerprint density at radius 2 is 1.80 bits per heavy atom. The molecule has 15 heavy (non-hydrogen) atoms. The molecule has 0 fully saturated rings. The van der Waals surface area contributed by atoms with Gasteiger partial charge < -0.3 is 4.43 Å². The van der Waals surface area contributed by atoms with E-state index in [1.807, 2.05) is 30.3 Å². The largest absolute Gasteiger partial charge is 0.407 e. The quantitative estimate of drug-likeness (QED) is 0.559. The van der Waals surface area contributed by atoms with Crippen LogP contribution in [0.3, 0.4) is 0 Å². The maximum absolute atomic E-state index is 5.99. The molecule has 0 bridgehead atoms. The SMILES string of the molecule is C=CC(O[Si](C)(C)C)c1ccc(Cl)cc1. The van der Waals surface area contributed by atoms with Crippen molar-refractivity contribution in [1.29, 1.82) is 0 Å². The van der Waals surface area contributed by atoms with Crippen LogP contribution in [0, 0.1) is 0 Å². The Morgan fingerprint density at radius 1 is 1.27 bits per heavy atom. The highest BCUT2D eigenvalue weighted by Crippen LogP contribution is 2.24. The van der Waals surface area contributed by atoms with E-state index in [4.69, 9.17) is 16.0 Å². The van der Waals surface area contributed by atoms with Crippen molar-refractivity contribution in [3.8, 4) is 0 Å². The Morgan fingerprint density at radius 3 is 2.20 bits per heavy atom. The smallest absolute Gasteiger partial charge is 0.185 e. The highest BCUT2D eigenvalue weighted by molar-refractivity contribution is 6.69. The molecule has 1 atom stereocenters. The molecule has 0 saturated heterocycles. The van der Waals surface area contributed by atoms with Crippen molar-refractivity contribution in [1.82, 2.24) is 0 Å². The zero-order valence-electron chi connectivity index (χ0n) is 9.46. The van der Waals surface area contributed by atoms with Crippen molar-refractivity contribution in [2.75, 3.05) is 0 Å². The van der Waals surface area contributed by atoms with Crippen LogP contribution in [0.2, 0.25) is 24.7 Å². The zero-order chi connectivity index (χ0) is 11.5. The molecule has 0 radical (unpaired) electrons. The van der Waals surface area contributed by atoms with Crippen LogP contribution in [0.4, 0.5) is 0 Å². The molecular weight excluding hydrogens is 224 g/mol. The Balaban J connectivity index is 2.83. The lowest BCUT2D eigenvalue weighted by atomic mass is 10.1. The summed E-state index contributed by atoms with van der Waals surface area (Å²) in [5, 5.41) is 0.745. The third kappa shape index (κ3) is 4.20. The van der Waals surface area contributed by atoms with E-state index >= 15 is 0 Å². The highest BCUT2D eigenvalue weighted by atomic mass is 35.5. The second-order valence-electron chi connectivity index (χ2n) is 4.44. The molecule has 3 heteroatoms. The van der Waals surface area contributed by atoms with Gasteiger partial charge in [-0.2, -0.15) is 0 Å². The van der Waals surface area contributed by atoms with Crippen molar-refractivity contribution in [2.24, 2.45) is 0 Å². The van der Waals surface area contributed by atoms with E-state index < -0.39 is 8.32 Å². The Hall–Kier alpha value is -0.573. The van der Waals surface area contributed by atoms with E-state index in [9.17, 15) is 0 Å². The first kappa shape index (κ1) is 12.5. The van der Waals surface area contributed by atoms with Gasteiger partial charge in [-0.25, -0.2) is 0 Å². The third-order valence-corrected chi connectivity index (χ3v) is 3.11. The summed E-state index contributed by atoms with van der Waals surface area (Å²) in [6.45, 7) is 10.3. The lowest BCUT2D eigenvalue weighted by Crippen LogP contribution is -2.27. The topological polar surface area (TPSA) is 9.23 Å². The third-order valence-electron chi connectivity index (χ3n) is 1.89. The number of rotatable bonds is 4. The fourth-order valence-corrected chi connectivity index (χ4v) is 2.41. The summed E-state index contributed by atoms with van der Waals surface area (Å²) in [6, 6.07) is 7.71. The average Bonchev–Trinajstić information content (AvgIpc) is 2.14. The van der Waals surface area contributed by atoms with Gasteiger partial charge in [-0.1, -0.05) is 29.8 Å². The van der Waals surface area contributed by atoms with Gasteiger partial charge in [0.25, 0.3) is 0 Å². The maximum atomic E-state index is 5.99. The molecule has 0 heterocycles. The van der Waals surface area contributed by atoms with Gasteiger partial charge >= 0.3 is 0 Å². The van der Waals surface area contributed by atoms with Crippen LogP contribution in [0.25, 0.3) is 0 Å². The van der Waals surface area contributed by atoms with Gasteiger partial charge in [0.1, 0.15) is 0 Å². The van der Waals surface area contributed by atoms with E-state index in [1.165, 1.54) is 0 Å². The van der Waals surface area contributed by atoms with Crippen LogP contribution in [0.15, 0.2) is 36.9 Å². The summed E-state index contributed by atoms with van der Waals surface area (Å²) in [4.78, 5) is 0. The number of benzene rings is 1. The molecule has 0 aliphatic carbocycles. The standard InChI is InChI=1S/C12H17ClOSi/c1-5-12(14-15(2,3)4)10-6-8-11(13)9-7-10/h5-9,12H,1H2,2-4H3. The lowest BCUT2D eigenvalue weighted by Gasteiger charge is -2.24. The molecule has 1 unspecified atom stereocenters. The number of hydrogen-bond acceptors (Lipinski definition) is 1. The maximum Gasteiger partial charge on any atom is 0.185 e. The summed E-state index contributed by atoms with van der Waals surface area (Å²) >= 11 is 5.83. The van der Waals surface area contributed by atoms with Crippen molar-refractivity contribution >= 4 is 19.9 Å². The Bertz CT molecular complexity index is 326. The van der Waals surface area contributed by atoms with Gasteiger partial charge in [0.2, 0.25) is 0 Å². The second-order valence-corrected chi connectivity index (χ2v) is 9.33. The molecular formula is C12H17ClOSi. The van der Waals surface area contributed by atoms with Gasteiger partial charge in [0.05, 0.1) is 6.10 Å². The first-order chi connectivity index (χ1) is 6.92. The first-order valence-electron chi connectivity index (χ1n) is 4.98. The minimum absolute atomic E-state index is 0.0195. The molecule has 0 aliphatic rings. The zero-order valence-corrected chi connectivity index (χ0v) is 11.2. The Kier molecular flexibility index (Phi) is 4.14. The molecule has 1 rings (SSSR count). The fraction of sp³-hybridized carbons (Fsp3) is 0.333. The van der Waals surface area contributed by atoms with Gasteiger partial charge in [-0.15, -0.1) is 6.58 Å². The normalized spacial score (nSPS) is 13.6. The molecule has 0 amide bonds. The molecule has 0 spiro atoms. The van der Waals surface area contributed by atoms with Crippen LogP contribution in [0.1, 0.15) is 11.7 Å². The van der Waals surface area contributed by atoms with E-state index in [2.05, 4.69) is 26.2 Å². The van der Waals surface area contributed by atoms with Gasteiger partial charge in [0.15, 0.2) is 8.32 Å². The van der Waals surface area contributed by atoms with Gasteiger partial charge in [-0.3, -0.25) is 0 Å². The summed E-state index contributed by atoms with van der Waals surface area (Å²) in [6.07, 6.45) is 1.82. The van der Waals surface area contributed by atoms with Crippen molar-refractivity contribution < 1.29 is 4.43 Å². The second kappa shape index (κ2) is 4.97.